The molecule has 0 saturated carbocycles. The molecule has 23 heavy (non-hydrogen) atoms. The Morgan fingerprint density at radius 1 is 1.13 bits per heavy atom. The molecule has 0 aliphatic heterocycles. The summed E-state index contributed by atoms with van der Waals surface area (Å²) in [5, 5.41) is 8.11. The van der Waals surface area contributed by atoms with Gasteiger partial charge in [-0.25, -0.2) is 22.8 Å². The monoisotopic (exact) mass is 332 g/mol. The van der Waals surface area contributed by atoms with Crippen LogP contribution in [0, 0.1) is 0 Å². The van der Waals surface area contributed by atoms with Crippen molar-refractivity contribution in [2.45, 2.75) is 17.9 Å². The molecule has 120 valence electrons. The highest BCUT2D eigenvalue weighted by molar-refractivity contribution is 7.89. The summed E-state index contributed by atoms with van der Waals surface area (Å²) in [6, 6.07) is 7.18. The fourth-order valence-corrected chi connectivity index (χ4v) is 3.03. The van der Waals surface area contributed by atoms with Gasteiger partial charge in [0.15, 0.2) is 5.82 Å². The van der Waals surface area contributed by atoms with E-state index in [4.69, 9.17) is 0 Å². The van der Waals surface area contributed by atoms with E-state index < -0.39 is 10.0 Å². The second kappa shape index (κ2) is 6.71. The van der Waals surface area contributed by atoms with Gasteiger partial charge in [-0.15, -0.1) is 0 Å². The quantitative estimate of drug-likeness (QED) is 0.647. The molecule has 0 amide bonds. The van der Waals surface area contributed by atoms with Crippen molar-refractivity contribution in [3.8, 4) is 5.82 Å². The number of sulfonamides is 1. The first-order valence-corrected chi connectivity index (χ1v) is 8.57. The second-order valence-corrected chi connectivity index (χ2v) is 6.60. The van der Waals surface area contributed by atoms with Crippen molar-refractivity contribution in [2.75, 3.05) is 6.54 Å². The minimum absolute atomic E-state index is 0.113. The number of rotatable bonds is 7. The molecule has 0 aromatic carbocycles. The molecule has 0 aliphatic rings. The van der Waals surface area contributed by atoms with Crippen LogP contribution in [0.4, 0.5) is 0 Å². The van der Waals surface area contributed by atoms with Crippen molar-refractivity contribution in [1.82, 2.24) is 29.3 Å². The van der Waals surface area contributed by atoms with E-state index in [1.54, 1.807) is 29.2 Å². The molecule has 9 heteroatoms. The summed E-state index contributed by atoms with van der Waals surface area (Å²) in [5.41, 5.74) is 0. The van der Waals surface area contributed by atoms with Gasteiger partial charge in [0, 0.05) is 31.7 Å². The second-order valence-electron chi connectivity index (χ2n) is 4.83. The van der Waals surface area contributed by atoms with Gasteiger partial charge in [0.25, 0.3) is 0 Å². The lowest BCUT2D eigenvalue weighted by Gasteiger charge is -2.05. The van der Waals surface area contributed by atoms with Gasteiger partial charge in [-0.1, -0.05) is 6.07 Å². The molecule has 0 aliphatic carbocycles. The molecule has 8 nitrogen and oxygen atoms in total. The third kappa shape index (κ3) is 3.82. The van der Waals surface area contributed by atoms with Crippen LogP contribution in [0.15, 0.2) is 60.1 Å². The van der Waals surface area contributed by atoms with Gasteiger partial charge in [-0.2, -0.15) is 10.2 Å². The molecule has 0 spiro atoms. The van der Waals surface area contributed by atoms with E-state index in [2.05, 4.69) is 19.9 Å². The predicted octanol–water partition coefficient (Wildman–Crippen LogP) is 0.832. The maximum atomic E-state index is 12.2. The van der Waals surface area contributed by atoms with Crippen LogP contribution in [0.5, 0.6) is 0 Å². The predicted molar refractivity (Wildman–Crippen MR) is 83.4 cm³/mol. The van der Waals surface area contributed by atoms with Crippen LogP contribution >= 0.6 is 0 Å². The molecular weight excluding hydrogens is 316 g/mol. The van der Waals surface area contributed by atoms with Crippen molar-refractivity contribution >= 4 is 10.0 Å². The molecule has 3 aromatic heterocycles. The number of hydrogen-bond acceptors (Lipinski definition) is 5. The Bertz CT molecular complexity index is 843. The Morgan fingerprint density at radius 2 is 2.04 bits per heavy atom. The zero-order valence-corrected chi connectivity index (χ0v) is 13.1. The maximum absolute atomic E-state index is 12.2. The maximum Gasteiger partial charge on any atom is 0.243 e. The van der Waals surface area contributed by atoms with E-state index in [1.807, 2.05) is 18.3 Å². The summed E-state index contributed by atoms with van der Waals surface area (Å²) in [4.78, 5) is 4.24. The zero-order valence-electron chi connectivity index (χ0n) is 12.3. The van der Waals surface area contributed by atoms with Gasteiger partial charge in [0.2, 0.25) is 10.0 Å². The van der Waals surface area contributed by atoms with Gasteiger partial charge in [0.1, 0.15) is 4.90 Å². The number of pyridine rings is 1. The van der Waals surface area contributed by atoms with Gasteiger partial charge in [0.05, 0.1) is 12.4 Å². The zero-order chi connectivity index (χ0) is 16.1. The minimum atomic E-state index is -3.58. The van der Waals surface area contributed by atoms with Crippen LogP contribution in [0.25, 0.3) is 5.82 Å². The minimum Gasteiger partial charge on any atom is -0.273 e. The summed E-state index contributed by atoms with van der Waals surface area (Å²) < 4.78 is 30.2. The Kier molecular flexibility index (Phi) is 4.49. The lowest BCUT2D eigenvalue weighted by atomic mass is 10.4. The highest BCUT2D eigenvalue weighted by atomic mass is 32.2. The molecule has 0 bridgehead atoms. The van der Waals surface area contributed by atoms with Crippen LogP contribution < -0.4 is 4.72 Å². The van der Waals surface area contributed by atoms with E-state index >= 15 is 0 Å². The van der Waals surface area contributed by atoms with Gasteiger partial charge >= 0.3 is 0 Å². The fourth-order valence-electron chi connectivity index (χ4n) is 2.02. The lowest BCUT2D eigenvalue weighted by molar-refractivity contribution is 0.553. The average Bonchev–Trinajstić information content (AvgIpc) is 3.24. The van der Waals surface area contributed by atoms with Gasteiger partial charge < -0.3 is 0 Å². The number of aryl methyl sites for hydroxylation is 1. The molecule has 3 heterocycles. The van der Waals surface area contributed by atoms with E-state index in [0.717, 1.165) is 0 Å². The first-order valence-electron chi connectivity index (χ1n) is 7.08. The Balaban J connectivity index is 1.60. The Morgan fingerprint density at radius 3 is 2.78 bits per heavy atom. The summed E-state index contributed by atoms with van der Waals surface area (Å²) in [6.45, 7) is 0.986. The van der Waals surface area contributed by atoms with Gasteiger partial charge in [-0.05, 0) is 24.6 Å². The smallest absolute Gasteiger partial charge is 0.243 e. The van der Waals surface area contributed by atoms with Crippen molar-refractivity contribution in [2.24, 2.45) is 0 Å². The normalized spacial score (nSPS) is 11.7. The fraction of sp³-hybridized carbons (Fsp3) is 0.214. The van der Waals surface area contributed by atoms with Crippen molar-refractivity contribution < 1.29 is 8.42 Å². The molecule has 0 unspecified atom stereocenters. The average molecular weight is 332 g/mol. The Labute approximate surface area is 133 Å². The Hall–Kier alpha value is -2.52. The summed E-state index contributed by atoms with van der Waals surface area (Å²) in [7, 11) is -3.58. The van der Waals surface area contributed by atoms with Crippen LogP contribution in [-0.2, 0) is 16.6 Å². The highest BCUT2D eigenvalue weighted by Gasteiger charge is 2.16. The first-order chi connectivity index (χ1) is 11.1. The summed E-state index contributed by atoms with van der Waals surface area (Å²) in [5.74, 6) is 0.563. The molecule has 3 rings (SSSR count). The first kappa shape index (κ1) is 15.4. The molecule has 0 saturated heterocycles. The highest BCUT2D eigenvalue weighted by Crippen LogP contribution is 2.10. The molecule has 0 atom stereocenters. The van der Waals surface area contributed by atoms with Crippen LogP contribution in [0.1, 0.15) is 6.42 Å². The number of nitrogens with zero attached hydrogens (tertiary/aromatic N) is 5. The van der Waals surface area contributed by atoms with Gasteiger partial charge in [-0.3, -0.25) is 4.68 Å². The molecular formula is C14H16N6O2S. The van der Waals surface area contributed by atoms with Crippen molar-refractivity contribution in [3.63, 3.8) is 0 Å². The van der Waals surface area contributed by atoms with E-state index in [1.165, 1.54) is 17.1 Å². The summed E-state index contributed by atoms with van der Waals surface area (Å²) >= 11 is 0. The standard InChI is InChI=1S/C14H16N6O2S/c21-23(22,18-8-4-10-19-9-3-7-16-19)13-11-17-20(12-13)14-5-1-2-6-15-14/h1-3,5-7,9,11-12,18H,4,8,10H2. The molecule has 3 aromatic rings. The van der Waals surface area contributed by atoms with E-state index in [0.29, 0.717) is 25.3 Å². The summed E-state index contributed by atoms with van der Waals surface area (Å²) in [6.07, 6.45) is 8.55. The lowest BCUT2D eigenvalue weighted by Crippen LogP contribution is -2.25. The van der Waals surface area contributed by atoms with Crippen molar-refractivity contribution in [3.05, 3.63) is 55.2 Å². The number of aromatic nitrogens is 5. The van der Waals surface area contributed by atoms with E-state index in [9.17, 15) is 8.42 Å². The van der Waals surface area contributed by atoms with Crippen LogP contribution in [0.2, 0.25) is 0 Å². The molecule has 0 fully saturated rings. The van der Waals surface area contributed by atoms with Crippen LogP contribution in [-0.4, -0.2) is 39.5 Å². The largest absolute Gasteiger partial charge is 0.273 e. The van der Waals surface area contributed by atoms with Crippen molar-refractivity contribution in [1.29, 1.82) is 0 Å². The molecule has 1 N–H and O–H groups in total. The number of hydrogen-bond donors (Lipinski definition) is 1. The topological polar surface area (TPSA) is 94.7 Å². The third-order valence-corrected chi connectivity index (χ3v) is 4.58. The number of nitrogens with one attached hydrogen (secondary N) is 1. The molecule has 0 radical (unpaired) electrons. The SMILES string of the molecule is O=S(=O)(NCCCn1cccn1)c1cnn(-c2ccccn2)c1. The van der Waals surface area contributed by atoms with E-state index in [-0.39, 0.29) is 4.90 Å². The van der Waals surface area contributed by atoms with Crippen LogP contribution in [0.3, 0.4) is 0 Å². The third-order valence-electron chi connectivity index (χ3n) is 3.17.